The molecule has 0 bridgehead atoms. The number of rotatable bonds is 4. The molecule has 14 heavy (non-hydrogen) atoms. The number of carbonyl (C=O) groups is 1. The van der Waals surface area contributed by atoms with Crippen molar-refractivity contribution in [2.45, 2.75) is 12.8 Å². The molecular weight excluding hydrogens is 204 g/mol. The Bertz CT molecular complexity index is 354. The summed E-state index contributed by atoms with van der Waals surface area (Å²) in [7, 11) is 0. The third-order valence-electron chi connectivity index (χ3n) is 1.55. The van der Waals surface area contributed by atoms with Gasteiger partial charge in [0, 0.05) is 13.0 Å². The van der Waals surface area contributed by atoms with Crippen LogP contribution >= 0.6 is 11.6 Å². The van der Waals surface area contributed by atoms with E-state index < -0.39 is 0 Å². The molecule has 0 aliphatic rings. The summed E-state index contributed by atoms with van der Waals surface area (Å²) >= 11 is 5.50. The van der Waals surface area contributed by atoms with Crippen LogP contribution in [-0.2, 0) is 0 Å². The summed E-state index contributed by atoms with van der Waals surface area (Å²) < 4.78 is 4.89. The lowest BCUT2D eigenvalue weighted by Crippen LogP contribution is -2.23. The maximum atomic E-state index is 11.3. The van der Waals surface area contributed by atoms with Gasteiger partial charge >= 0.3 is 0 Å². The van der Waals surface area contributed by atoms with Gasteiger partial charge in [0.25, 0.3) is 5.91 Å². The molecule has 1 N–H and O–H groups in total. The molecule has 1 rings (SSSR count). The third-order valence-corrected chi connectivity index (χ3v) is 1.75. The van der Waals surface area contributed by atoms with Gasteiger partial charge in [-0.05, 0) is 30.2 Å². The summed E-state index contributed by atoms with van der Waals surface area (Å²) in [5, 5.41) is 11.0. The van der Waals surface area contributed by atoms with E-state index in [9.17, 15) is 4.79 Å². The number of nitrogens with one attached hydrogen (secondary N) is 1. The topological polar surface area (TPSA) is 66.0 Å². The Kier molecular flexibility index (Phi) is 4.02. The Morgan fingerprint density at radius 2 is 2.43 bits per heavy atom. The Labute approximate surface area is 86.5 Å². The van der Waals surface area contributed by atoms with Gasteiger partial charge in [-0.2, -0.15) is 5.26 Å². The maximum Gasteiger partial charge on any atom is 0.287 e. The van der Waals surface area contributed by atoms with Crippen molar-refractivity contribution in [1.29, 1.82) is 5.26 Å². The Morgan fingerprint density at radius 1 is 1.64 bits per heavy atom. The van der Waals surface area contributed by atoms with Crippen molar-refractivity contribution in [3.63, 3.8) is 0 Å². The maximum absolute atomic E-state index is 11.3. The highest BCUT2D eigenvalue weighted by atomic mass is 35.5. The third kappa shape index (κ3) is 3.11. The standard InChI is InChI=1S/C9H9ClN2O2/c10-8-4-3-7(14-8)9(13)12-6-2-1-5-11/h3-4H,1-2,6H2,(H,12,13). The second kappa shape index (κ2) is 5.30. The first kappa shape index (κ1) is 10.6. The van der Waals surface area contributed by atoms with E-state index in [-0.39, 0.29) is 16.9 Å². The molecule has 1 aromatic heterocycles. The van der Waals surface area contributed by atoms with Gasteiger partial charge in [0.1, 0.15) is 0 Å². The number of hydrogen-bond acceptors (Lipinski definition) is 3. The largest absolute Gasteiger partial charge is 0.440 e. The van der Waals surface area contributed by atoms with Gasteiger partial charge in [0.2, 0.25) is 0 Å². The first-order valence-electron chi connectivity index (χ1n) is 4.14. The number of halogens is 1. The van der Waals surface area contributed by atoms with Gasteiger partial charge in [-0.15, -0.1) is 0 Å². The number of unbranched alkanes of at least 4 members (excludes halogenated alkanes) is 1. The molecule has 0 aliphatic carbocycles. The van der Waals surface area contributed by atoms with E-state index in [0.29, 0.717) is 19.4 Å². The molecule has 0 saturated carbocycles. The number of nitriles is 1. The zero-order valence-corrected chi connectivity index (χ0v) is 8.17. The molecule has 1 amide bonds. The molecule has 5 heteroatoms. The van der Waals surface area contributed by atoms with Crippen molar-refractivity contribution in [3.8, 4) is 6.07 Å². The second-order valence-electron chi connectivity index (χ2n) is 2.62. The number of furan rings is 1. The van der Waals surface area contributed by atoms with Crippen LogP contribution in [0.1, 0.15) is 23.4 Å². The van der Waals surface area contributed by atoms with E-state index >= 15 is 0 Å². The quantitative estimate of drug-likeness (QED) is 0.776. The highest BCUT2D eigenvalue weighted by Gasteiger charge is 2.08. The number of hydrogen-bond donors (Lipinski definition) is 1. The van der Waals surface area contributed by atoms with Crippen molar-refractivity contribution in [2.75, 3.05) is 6.54 Å². The Balaban J connectivity index is 2.33. The molecular formula is C9H9ClN2O2. The molecule has 0 spiro atoms. The lowest BCUT2D eigenvalue weighted by atomic mass is 10.3. The fourth-order valence-corrected chi connectivity index (χ4v) is 1.04. The number of carbonyl (C=O) groups excluding carboxylic acids is 1. The van der Waals surface area contributed by atoms with Crippen LogP contribution in [-0.4, -0.2) is 12.5 Å². The predicted octanol–water partition coefficient (Wildman–Crippen LogP) is 1.97. The van der Waals surface area contributed by atoms with Crippen LogP contribution in [0.25, 0.3) is 0 Å². The Hall–Kier alpha value is -1.47. The Morgan fingerprint density at radius 3 is 3.00 bits per heavy atom. The fourth-order valence-electron chi connectivity index (χ4n) is 0.893. The van der Waals surface area contributed by atoms with E-state index in [1.165, 1.54) is 12.1 Å². The van der Waals surface area contributed by atoms with Gasteiger partial charge < -0.3 is 9.73 Å². The van der Waals surface area contributed by atoms with Crippen LogP contribution in [0.2, 0.25) is 5.22 Å². The van der Waals surface area contributed by atoms with Crippen LogP contribution in [0.4, 0.5) is 0 Å². The predicted molar refractivity (Wildman–Crippen MR) is 50.9 cm³/mol. The molecule has 0 aromatic carbocycles. The summed E-state index contributed by atoms with van der Waals surface area (Å²) in [6.45, 7) is 0.463. The molecule has 1 aromatic rings. The molecule has 74 valence electrons. The average molecular weight is 213 g/mol. The minimum absolute atomic E-state index is 0.187. The minimum atomic E-state index is -0.310. The van der Waals surface area contributed by atoms with Crippen molar-refractivity contribution in [1.82, 2.24) is 5.32 Å². The van der Waals surface area contributed by atoms with Crippen molar-refractivity contribution in [3.05, 3.63) is 23.1 Å². The number of amides is 1. The van der Waals surface area contributed by atoms with Crippen molar-refractivity contribution in [2.24, 2.45) is 0 Å². The average Bonchev–Trinajstić information content (AvgIpc) is 2.59. The SMILES string of the molecule is N#CCCCNC(=O)c1ccc(Cl)o1. The molecule has 0 aliphatic heterocycles. The zero-order chi connectivity index (χ0) is 10.4. The minimum Gasteiger partial charge on any atom is -0.440 e. The van der Waals surface area contributed by atoms with Gasteiger partial charge in [-0.25, -0.2) is 0 Å². The van der Waals surface area contributed by atoms with E-state index in [0.717, 1.165) is 0 Å². The van der Waals surface area contributed by atoms with E-state index in [2.05, 4.69) is 5.32 Å². The van der Waals surface area contributed by atoms with Gasteiger partial charge in [-0.3, -0.25) is 4.79 Å². The van der Waals surface area contributed by atoms with Crippen LogP contribution in [0.15, 0.2) is 16.5 Å². The summed E-state index contributed by atoms with van der Waals surface area (Å²) in [6.07, 6.45) is 1.07. The zero-order valence-electron chi connectivity index (χ0n) is 7.42. The molecule has 4 nitrogen and oxygen atoms in total. The lowest BCUT2D eigenvalue weighted by Gasteiger charge is -1.99. The van der Waals surface area contributed by atoms with Crippen LogP contribution in [0, 0.1) is 11.3 Å². The smallest absolute Gasteiger partial charge is 0.287 e. The second-order valence-corrected chi connectivity index (χ2v) is 2.99. The van der Waals surface area contributed by atoms with Crippen molar-refractivity contribution >= 4 is 17.5 Å². The van der Waals surface area contributed by atoms with Crippen LogP contribution in [0.5, 0.6) is 0 Å². The summed E-state index contributed by atoms with van der Waals surface area (Å²) in [6, 6.07) is 5.00. The summed E-state index contributed by atoms with van der Waals surface area (Å²) in [5.41, 5.74) is 0. The molecule has 0 fully saturated rings. The van der Waals surface area contributed by atoms with Crippen LogP contribution < -0.4 is 5.32 Å². The molecule has 0 radical (unpaired) electrons. The van der Waals surface area contributed by atoms with E-state index in [4.69, 9.17) is 21.3 Å². The first-order chi connectivity index (χ1) is 6.74. The van der Waals surface area contributed by atoms with Gasteiger partial charge in [0.15, 0.2) is 11.0 Å². The number of nitrogens with zero attached hydrogens (tertiary/aromatic N) is 1. The van der Waals surface area contributed by atoms with Gasteiger partial charge in [-0.1, -0.05) is 0 Å². The lowest BCUT2D eigenvalue weighted by molar-refractivity contribution is 0.0926. The molecule has 1 heterocycles. The normalized spacial score (nSPS) is 9.43. The molecule has 0 saturated heterocycles. The van der Waals surface area contributed by atoms with Crippen molar-refractivity contribution < 1.29 is 9.21 Å². The molecule has 0 unspecified atom stereocenters. The van der Waals surface area contributed by atoms with E-state index in [1.54, 1.807) is 0 Å². The summed E-state index contributed by atoms with van der Waals surface area (Å²) in [4.78, 5) is 11.3. The molecule has 0 atom stereocenters. The van der Waals surface area contributed by atoms with Crippen LogP contribution in [0.3, 0.4) is 0 Å². The monoisotopic (exact) mass is 212 g/mol. The first-order valence-corrected chi connectivity index (χ1v) is 4.52. The summed E-state index contributed by atoms with van der Waals surface area (Å²) in [5.74, 6) is -0.123. The van der Waals surface area contributed by atoms with E-state index in [1.807, 2.05) is 6.07 Å². The van der Waals surface area contributed by atoms with Gasteiger partial charge in [0.05, 0.1) is 6.07 Å². The fraction of sp³-hybridized carbons (Fsp3) is 0.333. The highest BCUT2D eigenvalue weighted by molar-refractivity contribution is 6.29. The highest BCUT2D eigenvalue weighted by Crippen LogP contribution is 2.12.